The van der Waals surface area contributed by atoms with Gasteiger partial charge < -0.3 is 14.5 Å². The summed E-state index contributed by atoms with van der Waals surface area (Å²) in [7, 11) is 0. The highest BCUT2D eigenvalue weighted by Gasteiger charge is 2.06. The molecule has 23 heavy (non-hydrogen) atoms. The number of hydrogen-bond acceptors (Lipinski definition) is 4. The predicted molar refractivity (Wildman–Crippen MR) is 91.9 cm³/mol. The third-order valence-corrected chi connectivity index (χ3v) is 3.54. The van der Waals surface area contributed by atoms with Crippen molar-refractivity contribution in [1.29, 1.82) is 0 Å². The summed E-state index contributed by atoms with van der Waals surface area (Å²) in [6, 6.07) is 15.3. The van der Waals surface area contributed by atoms with Crippen LogP contribution in [0.5, 0.6) is 5.75 Å². The van der Waals surface area contributed by atoms with Crippen LogP contribution in [-0.4, -0.2) is 11.6 Å². The zero-order chi connectivity index (χ0) is 16.1. The minimum absolute atomic E-state index is 0.515. The maximum absolute atomic E-state index is 5.89. The van der Waals surface area contributed by atoms with Crippen molar-refractivity contribution < 1.29 is 9.15 Å². The lowest BCUT2D eigenvalue weighted by Gasteiger charge is -2.06. The van der Waals surface area contributed by atoms with Gasteiger partial charge in [0.15, 0.2) is 5.76 Å². The van der Waals surface area contributed by atoms with E-state index in [2.05, 4.69) is 10.3 Å². The van der Waals surface area contributed by atoms with Crippen LogP contribution in [0.4, 0.5) is 5.69 Å². The van der Waals surface area contributed by atoms with E-state index in [1.807, 2.05) is 55.5 Å². The second-order valence-electron chi connectivity index (χ2n) is 4.94. The molecule has 0 aliphatic rings. The molecule has 1 heterocycles. The first-order valence-corrected chi connectivity index (χ1v) is 7.80. The standard InChI is InChI=1S/C18H17ClN2O2/c1-2-22-16-9-7-15(8-10-16)20-12-18-21-11-17(23-18)13-3-5-14(19)6-4-13/h3-11,20H,2,12H2,1H3. The SMILES string of the molecule is CCOc1ccc(NCc2ncc(-c3ccc(Cl)cc3)o2)cc1. The first kappa shape index (κ1) is 15.4. The average Bonchev–Trinajstić information content (AvgIpc) is 3.04. The van der Waals surface area contributed by atoms with Gasteiger partial charge in [0.1, 0.15) is 5.75 Å². The molecule has 0 saturated carbocycles. The molecule has 0 aliphatic carbocycles. The van der Waals surface area contributed by atoms with Crippen LogP contribution >= 0.6 is 11.6 Å². The van der Waals surface area contributed by atoms with Crippen molar-refractivity contribution in [2.75, 3.05) is 11.9 Å². The van der Waals surface area contributed by atoms with Crippen LogP contribution in [0.1, 0.15) is 12.8 Å². The maximum atomic E-state index is 5.89. The van der Waals surface area contributed by atoms with Gasteiger partial charge in [-0.25, -0.2) is 4.98 Å². The molecule has 0 fully saturated rings. The molecule has 118 valence electrons. The number of hydrogen-bond donors (Lipinski definition) is 1. The van der Waals surface area contributed by atoms with E-state index in [0.717, 1.165) is 22.8 Å². The van der Waals surface area contributed by atoms with E-state index in [1.165, 1.54) is 0 Å². The Hall–Kier alpha value is -2.46. The van der Waals surface area contributed by atoms with Gasteiger partial charge in [-0.2, -0.15) is 0 Å². The van der Waals surface area contributed by atoms with Crippen LogP contribution in [0.15, 0.2) is 59.1 Å². The van der Waals surface area contributed by atoms with Gasteiger partial charge >= 0.3 is 0 Å². The second-order valence-corrected chi connectivity index (χ2v) is 5.37. The molecular formula is C18H17ClN2O2. The third-order valence-electron chi connectivity index (χ3n) is 3.29. The van der Waals surface area contributed by atoms with E-state index >= 15 is 0 Å². The molecule has 0 radical (unpaired) electrons. The second kappa shape index (κ2) is 7.20. The van der Waals surface area contributed by atoms with Crippen molar-refractivity contribution in [3.63, 3.8) is 0 Å². The Balaban J connectivity index is 1.61. The fourth-order valence-electron chi connectivity index (χ4n) is 2.15. The van der Waals surface area contributed by atoms with E-state index in [-0.39, 0.29) is 0 Å². The summed E-state index contributed by atoms with van der Waals surface area (Å²) in [5.41, 5.74) is 1.94. The number of nitrogens with zero attached hydrogens (tertiary/aromatic N) is 1. The van der Waals surface area contributed by atoms with Crippen LogP contribution in [0.3, 0.4) is 0 Å². The molecule has 5 heteroatoms. The van der Waals surface area contributed by atoms with Gasteiger partial charge in [0.2, 0.25) is 5.89 Å². The molecule has 3 aromatic rings. The number of anilines is 1. The number of ether oxygens (including phenoxy) is 1. The topological polar surface area (TPSA) is 47.3 Å². The monoisotopic (exact) mass is 328 g/mol. The normalized spacial score (nSPS) is 10.5. The number of nitrogens with one attached hydrogen (secondary N) is 1. The third kappa shape index (κ3) is 4.05. The van der Waals surface area contributed by atoms with Crippen molar-refractivity contribution in [3.05, 3.63) is 65.6 Å². The Morgan fingerprint density at radius 2 is 1.83 bits per heavy atom. The van der Waals surface area contributed by atoms with E-state index < -0.39 is 0 Å². The highest BCUT2D eigenvalue weighted by atomic mass is 35.5. The summed E-state index contributed by atoms with van der Waals surface area (Å²) in [6.45, 7) is 3.14. The number of aromatic nitrogens is 1. The molecule has 4 nitrogen and oxygen atoms in total. The molecule has 3 rings (SSSR count). The zero-order valence-corrected chi connectivity index (χ0v) is 13.5. The van der Waals surface area contributed by atoms with Crippen LogP contribution in [0.25, 0.3) is 11.3 Å². The number of benzene rings is 2. The van der Waals surface area contributed by atoms with E-state index in [4.69, 9.17) is 20.8 Å². The fourth-order valence-corrected chi connectivity index (χ4v) is 2.28. The molecule has 0 saturated heterocycles. The van der Waals surface area contributed by atoms with Crippen LogP contribution in [-0.2, 0) is 6.54 Å². The maximum Gasteiger partial charge on any atom is 0.214 e. The van der Waals surface area contributed by atoms with E-state index in [1.54, 1.807) is 6.20 Å². The lowest BCUT2D eigenvalue weighted by atomic mass is 10.2. The predicted octanol–water partition coefficient (Wildman–Crippen LogP) is 5.01. The minimum Gasteiger partial charge on any atom is -0.494 e. The first-order chi connectivity index (χ1) is 11.2. The van der Waals surface area contributed by atoms with Gasteiger partial charge in [0.05, 0.1) is 19.3 Å². The molecule has 0 aliphatic heterocycles. The summed E-state index contributed by atoms with van der Waals surface area (Å²) < 4.78 is 11.2. The highest BCUT2D eigenvalue weighted by Crippen LogP contribution is 2.23. The molecule has 0 atom stereocenters. The van der Waals surface area contributed by atoms with Crippen molar-refractivity contribution in [2.45, 2.75) is 13.5 Å². The average molecular weight is 329 g/mol. The number of rotatable bonds is 6. The van der Waals surface area contributed by atoms with Gasteiger partial charge in [-0.15, -0.1) is 0 Å². The highest BCUT2D eigenvalue weighted by molar-refractivity contribution is 6.30. The van der Waals surface area contributed by atoms with Crippen molar-refractivity contribution in [1.82, 2.24) is 4.98 Å². The van der Waals surface area contributed by atoms with Crippen LogP contribution < -0.4 is 10.1 Å². The molecule has 0 amide bonds. The smallest absolute Gasteiger partial charge is 0.214 e. The Kier molecular flexibility index (Phi) is 4.83. The van der Waals surface area contributed by atoms with Gasteiger partial charge in [0.25, 0.3) is 0 Å². The van der Waals surface area contributed by atoms with Crippen molar-refractivity contribution in [3.8, 4) is 17.1 Å². The fraction of sp³-hybridized carbons (Fsp3) is 0.167. The van der Waals surface area contributed by atoms with Gasteiger partial charge in [-0.05, 0) is 55.5 Å². The van der Waals surface area contributed by atoms with Crippen molar-refractivity contribution in [2.24, 2.45) is 0 Å². The van der Waals surface area contributed by atoms with Gasteiger partial charge in [-0.1, -0.05) is 11.6 Å². The number of halogens is 1. The van der Waals surface area contributed by atoms with Gasteiger partial charge in [0, 0.05) is 16.3 Å². The first-order valence-electron chi connectivity index (χ1n) is 7.42. The summed E-state index contributed by atoms with van der Waals surface area (Å²) >= 11 is 5.89. The Labute approximate surface area is 140 Å². The molecule has 0 unspecified atom stereocenters. The summed E-state index contributed by atoms with van der Waals surface area (Å²) in [4.78, 5) is 4.29. The Morgan fingerprint density at radius 3 is 2.52 bits per heavy atom. The Morgan fingerprint density at radius 1 is 1.09 bits per heavy atom. The minimum atomic E-state index is 0.515. The Bertz CT molecular complexity index is 751. The largest absolute Gasteiger partial charge is 0.494 e. The van der Waals surface area contributed by atoms with Crippen molar-refractivity contribution >= 4 is 17.3 Å². The molecular weight excluding hydrogens is 312 g/mol. The molecule has 0 bridgehead atoms. The number of oxazole rings is 1. The van der Waals surface area contributed by atoms with Crippen LogP contribution in [0, 0.1) is 0 Å². The zero-order valence-electron chi connectivity index (χ0n) is 12.8. The molecule has 1 aromatic heterocycles. The summed E-state index contributed by atoms with van der Waals surface area (Å²) in [5, 5.41) is 3.97. The lowest BCUT2D eigenvalue weighted by Crippen LogP contribution is -1.99. The lowest BCUT2D eigenvalue weighted by molar-refractivity contribution is 0.340. The quantitative estimate of drug-likeness (QED) is 0.691. The van der Waals surface area contributed by atoms with E-state index in [9.17, 15) is 0 Å². The molecule has 2 aromatic carbocycles. The summed E-state index contributed by atoms with van der Waals surface area (Å²) in [5.74, 6) is 2.22. The van der Waals surface area contributed by atoms with Crippen LogP contribution in [0.2, 0.25) is 5.02 Å². The van der Waals surface area contributed by atoms with E-state index in [0.29, 0.717) is 24.1 Å². The van der Waals surface area contributed by atoms with Gasteiger partial charge in [-0.3, -0.25) is 0 Å². The molecule has 0 spiro atoms. The summed E-state index contributed by atoms with van der Waals surface area (Å²) in [6.07, 6.45) is 1.72. The molecule has 1 N–H and O–H groups in total.